The Bertz CT molecular complexity index is 265. The molecule has 0 saturated heterocycles. The van der Waals surface area contributed by atoms with Gasteiger partial charge in [0.25, 0.3) is 0 Å². The molecule has 0 unspecified atom stereocenters. The molecule has 0 radical (unpaired) electrons. The van der Waals surface area contributed by atoms with Crippen molar-refractivity contribution in [1.82, 2.24) is 5.43 Å². The summed E-state index contributed by atoms with van der Waals surface area (Å²) < 4.78 is 5.10. The highest BCUT2D eigenvalue weighted by molar-refractivity contribution is 5.49. The molecular formula is C9H15N3O. The third-order valence-electron chi connectivity index (χ3n) is 1.82. The first-order valence-corrected chi connectivity index (χ1v) is 4.06. The number of nitrogens with zero attached hydrogens (tertiary/aromatic N) is 1. The van der Waals surface area contributed by atoms with E-state index in [1.165, 1.54) is 0 Å². The van der Waals surface area contributed by atoms with Gasteiger partial charge in [-0.25, -0.2) is 5.43 Å². The number of nitrogens with two attached hydrogens (primary N) is 1. The molecular weight excluding hydrogens is 166 g/mol. The number of rotatable bonds is 4. The van der Waals surface area contributed by atoms with Gasteiger partial charge in [0.05, 0.1) is 13.8 Å². The molecule has 0 aliphatic rings. The van der Waals surface area contributed by atoms with Gasteiger partial charge in [-0.15, -0.1) is 0 Å². The molecule has 3 N–H and O–H groups in total. The zero-order valence-corrected chi connectivity index (χ0v) is 7.95. The van der Waals surface area contributed by atoms with Gasteiger partial charge in [0.1, 0.15) is 5.75 Å². The van der Waals surface area contributed by atoms with Crippen molar-refractivity contribution in [2.24, 2.45) is 5.84 Å². The van der Waals surface area contributed by atoms with Crippen LogP contribution in [0.1, 0.15) is 0 Å². The van der Waals surface area contributed by atoms with E-state index in [-0.39, 0.29) is 0 Å². The second kappa shape index (κ2) is 4.69. The van der Waals surface area contributed by atoms with Gasteiger partial charge < -0.3 is 9.64 Å². The summed E-state index contributed by atoms with van der Waals surface area (Å²) in [5.74, 6) is 6.06. The molecule has 0 aromatic heterocycles. The van der Waals surface area contributed by atoms with E-state index in [9.17, 15) is 0 Å². The number of anilines is 1. The largest absolute Gasteiger partial charge is 0.497 e. The molecule has 72 valence electrons. The lowest BCUT2D eigenvalue weighted by atomic mass is 10.3. The predicted molar refractivity (Wildman–Crippen MR) is 53.6 cm³/mol. The van der Waals surface area contributed by atoms with Crippen LogP contribution in [-0.2, 0) is 0 Å². The summed E-state index contributed by atoms with van der Waals surface area (Å²) >= 11 is 0. The van der Waals surface area contributed by atoms with Gasteiger partial charge in [-0.1, -0.05) is 6.07 Å². The van der Waals surface area contributed by atoms with E-state index >= 15 is 0 Å². The molecule has 0 aliphatic heterocycles. The lowest BCUT2D eigenvalue weighted by molar-refractivity contribution is 0.415. The van der Waals surface area contributed by atoms with Crippen LogP contribution < -0.4 is 20.9 Å². The van der Waals surface area contributed by atoms with E-state index < -0.39 is 0 Å². The van der Waals surface area contributed by atoms with Crippen LogP contribution in [0.3, 0.4) is 0 Å². The summed E-state index contributed by atoms with van der Waals surface area (Å²) in [6.07, 6.45) is 0. The highest BCUT2D eigenvalue weighted by atomic mass is 16.5. The van der Waals surface area contributed by atoms with Gasteiger partial charge >= 0.3 is 0 Å². The first-order valence-electron chi connectivity index (χ1n) is 4.06. The van der Waals surface area contributed by atoms with Crippen molar-refractivity contribution >= 4 is 5.69 Å². The van der Waals surface area contributed by atoms with Gasteiger partial charge in [-0.05, 0) is 12.1 Å². The first kappa shape index (κ1) is 9.83. The van der Waals surface area contributed by atoms with Gasteiger partial charge in [0, 0.05) is 18.8 Å². The Morgan fingerprint density at radius 2 is 2.31 bits per heavy atom. The molecule has 0 spiro atoms. The van der Waals surface area contributed by atoms with Crippen molar-refractivity contribution in [3.63, 3.8) is 0 Å². The average Bonchev–Trinajstić information content (AvgIpc) is 2.18. The summed E-state index contributed by atoms with van der Waals surface area (Å²) in [5, 5.41) is 0. The first-order chi connectivity index (χ1) is 6.27. The standard InChI is InChI=1S/C9H15N3O/c1-12(7-11-10)8-4-3-5-9(6-8)13-2/h3-6,11H,7,10H2,1-2H3. The van der Waals surface area contributed by atoms with E-state index in [1.54, 1.807) is 7.11 Å². The number of benzene rings is 1. The topological polar surface area (TPSA) is 50.5 Å². The Kier molecular flexibility index (Phi) is 3.54. The Hall–Kier alpha value is -1.26. The fourth-order valence-corrected chi connectivity index (χ4v) is 1.08. The molecule has 4 heteroatoms. The van der Waals surface area contributed by atoms with E-state index in [0.29, 0.717) is 6.67 Å². The molecule has 0 atom stereocenters. The van der Waals surface area contributed by atoms with Crippen LogP contribution in [-0.4, -0.2) is 20.8 Å². The number of hydrogen-bond donors (Lipinski definition) is 2. The van der Waals surface area contributed by atoms with Crippen LogP contribution in [0.5, 0.6) is 5.75 Å². The normalized spacial score (nSPS) is 9.77. The van der Waals surface area contributed by atoms with Crippen molar-refractivity contribution in [2.45, 2.75) is 0 Å². The van der Waals surface area contributed by atoms with Crippen LogP contribution >= 0.6 is 0 Å². The lowest BCUT2D eigenvalue weighted by Crippen LogP contribution is -2.35. The summed E-state index contributed by atoms with van der Waals surface area (Å²) in [6.45, 7) is 0.604. The van der Waals surface area contributed by atoms with E-state index in [1.807, 2.05) is 36.2 Å². The fraction of sp³-hybridized carbons (Fsp3) is 0.333. The minimum absolute atomic E-state index is 0.604. The predicted octanol–water partition coefficient (Wildman–Crippen LogP) is 0.552. The molecule has 0 amide bonds. The molecule has 0 aliphatic carbocycles. The summed E-state index contributed by atoms with van der Waals surface area (Å²) in [5.41, 5.74) is 3.66. The Morgan fingerprint density at radius 3 is 2.92 bits per heavy atom. The van der Waals surface area contributed by atoms with E-state index in [0.717, 1.165) is 11.4 Å². The summed E-state index contributed by atoms with van der Waals surface area (Å²) in [4.78, 5) is 1.99. The second-order valence-electron chi connectivity index (χ2n) is 2.76. The van der Waals surface area contributed by atoms with Gasteiger partial charge in [-0.2, -0.15) is 0 Å². The van der Waals surface area contributed by atoms with E-state index in [4.69, 9.17) is 10.6 Å². The van der Waals surface area contributed by atoms with Gasteiger partial charge in [0.15, 0.2) is 0 Å². The Morgan fingerprint density at radius 1 is 1.54 bits per heavy atom. The molecule has 4 nitrogen and oxygen atoms in total. The molecule has 1 aromatic rings. The highest BCUT2D eigenvalue weighted by Crippen LogP contribution is 2.18. The molecule has 0 fully saturated rings. The maximum atomic E-state index is 5.21. The molecule has 1 aromatic carbocycles. The molecule has 13 heavy (non-hydrogen) atoms. The minimum Gasteiger partial charge on any atom is -0.497 e. The maximum absolute atomic E-state index is 5.21. The summed E-state index contributed by atoms with van der Waals surface area (Å²) in [6, 6.07) is 7.81. The smallest absolute Gasteiger partial charge is 0.120 e. The molecule has 0 saturated carbocycles. The highest BCUT2D eigenvalue weighted by Gasteiger charge is 1.99. The fourth-order valence-electron chi connectivity index (χ4n) is 1.08. The van der Waals surface area contributed by atoms with Crippen LogP contribution in [0.15, 0.2) is 24.3 Å². The van der Waals surface area contributed by atoms with Crippen molar-refractivity contribution in [3.8, 4) is 5.75 Å². The lowest BCUT2D eigenvalue weighted by Gasteiger charge is -2.18. The number of nitrogens with one attached hydrogen (secondary N) is 1. The molecule has 0 bridgehead atoms. The zero-order valence-electron chi connectivity index (χ0n) is 7.95. The van der Waals surface area contributed by atoms with Crippen molar-refractivity contribution < 1.29 is 4.74 Å². The van der Waals surface area contributed by atoms with Crippen LogP contribution in [0.4, 0.5) is 5.69 Å². The number of hydrogen-bond acceptors (Lipinski definition) is 4. The van der Waals surface area contributed by atoms with Crippen LogP contribution in [0, 0.1) is 0 Å². The van der Waals surface area contributed by atoms with E-state index in [2.05, 4.69) is 5.43 Å². The maximum Gasteiger partial charge on any atom is 0.120 e. The quantitative estimate of drug-likeness (QED) is 0.404. The number of methoxy groups -OCH3 is 1. The van der Waals surface area contributed by atoms with Crippen LogP contribution in [0.2, 0.25) is 0 Å². The monoisotopic (exact) mass is 181 g/mol. The average molecular weight is 181 g/mol. The second-order valence-corrected chi connectivity index (χ2v) is 2.76. The third kappa shape index (κ3) is 2.61. The Labute approximate surface area is 78.3 Å². The van der Waals surface area contributed by atoms with Crippen molar-refractivity contribution in [2.75, 3.05) is 25.7 Å². The zero-order chi connectivity index (χ0) is 9.68. The van der Waals surface area contributed by atoms with Gasteiger partial charge in [-0.3, -0.25) is 5.84 Å². The van der Waals surface area contributed by atoms with Crippen LogP contribution in [0.25, 0.3) is 0 Å². The minimum atomic E-state index is 0.604. The van der Waals surface area contributed by atoms with Crippen molar-refractivity contribution in [1.29, 1.82) is 0 Å². The Balaban J connectivity index is 2.75. The number of hydrazine groups is 1. The van der Waals surface area contributed by atoms with Crippen molar-refractivity contribution in [3.05, 3.63) is 24.3 Å². The summed E-state index contributed by atoms with van der Waals surface area (Å²) in [7, 11) is 3.61. The number of ether oxygens (including phenoxy) is 1. The third-order valence-corrected chi connectivity index (χ3v) is 1.82. The molecule has 1 rings (SSSR count). The molecule has 0 heterocycles. The SMILES string of the molecule is COc1cccc(N(C)CNN)c1. The van der Waals surface area contributed by atoms with Gasteiger partial charge in [0.2, 0.25) is 0 Å².